The van der Waals surface area contributed by atoms with Crippen LogP contribution in [0.3, 0.4) is 0 Å². The maximum absolute atomic E-state index is 11.2. The highest BCUT2D eigenvalue weighted by molar-refractivity contribution is 5.82. The molecule has 64 valence electrons. The Balaban J connectivity index is 2.57. The number of esters is 1. The predicted octanol–water partition coefficient (Wildman–Crippen LogP) is 0.547. The van der Waals surface area contributed by atoms with E-state index < -0.39 is 0 Å². The zero-order valence-corrected chi connectivity index (χ0v) is 7.31. The summed E-state index contributed by atoms with van der Waals surface area (Å²) >= 11 is 0. The van der Waals surface area contributed by atoms with E-state index in [0.717, 1.165) is 12.8 Å². The molecule has 11 heavy (non-hydrogen) atoms. The van der Waals surface area contributed by atoms with Gasteiger partial charge in [-0.2, -0.15) is 0 Å². The third kappa shape index (κ3) is 1.25. The molecular formula is C8H15NO2. The second kappa shape index (κ2) is 2.81. The van der Waals surface area contributed by atoms with Gasteiger partial charge in [-0.15, -0.1) is 0 Å². The molecule has 3 heteroatoms. The molecule has 0 aromatic carbocycles. The fourth-order valence-electron chi connectivity index (χ4n) is 1.80. The summed E-state index contributed by atoms with van der Waals surface area (Å²) in [6, 6.07) is 0. The summed E-state index contributed by atoms with van der Waals surface area (Å²) in [4.78, 5) is 11.2. The average Bonchev–Trinajstić information content (AvgIpc) is 1.96. The molecule has 1 N–H and O–H groups in total. The second-order valence-corrected chi connectivity index (χ2v) is 3.34. The van der Waals surface area contributed by atoms with Gasteiger partial charge in [0.1, 0.15) is 5.54 Å². The molecule has 1 saturated carbocycles. The van der Waals surface area contributed by atoms with Crippen molar-refractivity contribution in [3.63, 3.8) is 0 Å². The number of carbonyl (C=O) groups excluding carboxylic acids is 1. The number of nitrogens with one attached hydrogen (secondary N) is 1. The first-order chi connectivity index (χ1) is 5.14. The van der Waals surface area contributed by atoms with Gasteiger partial charge in [0.2, 0.25) is 0 Å². The maximum atomic E-state index is 11.2. The number of likely N-dealkylation sites (N-methyl/N-ethyl adjacent to an activating group) is 1. The first-order valence-electron chi connectivity index (χ1n) is 3.92. The molecule has 0 atom stereocenters. The van der Waals surface area contributed by atoms with E-state index in [-0.39, 0.29) is 11.5 Å². The Morgan fingerprint density at radius 2 is 2.18 bits per heavy atom. The minimum absolute atomic E-state index is 0.127. The van der Waals surface area contributed by atoms with Crippen LogP contribution >= 0.6 is 0 Å². The van der Waals surface area contributed by atoms with Crippen molar-refractivity contribution in [3.05, 3.63) is 0 Å². The number of methoxy groups -OCH3 is 1. The van der Waals surface area contributed by atoms with Crippen LogP contribution in [0.4, 0.5) is 0 Å². The van der Waals surface area contributed by atoms with Gasteiger partial charge in [-0.1, -0.05) is 6.92 Å². The molecule has 0 saturated heterocycles. The van der Waals surface area contributed by atoms with Crippen LogP contribution in [0.25, 0.3) is 0 Å². The normalized spacial score (nSPS) is 36.1. The van der Waals surface area contributed by atoms with Crippen molar-refractivity contribution in [2.75, 3.05) is 14.2 Å². The van der Waals surface area contributed by atoms with E-state index in [9.17, 15) is 4.79 Å². The van der Waals surface area contributed by atoms with E-state index in [1.807, 2.05) is 7.05 Å². The minimum atomic E-state index is -0.367. The van der Waals surface area contributed by atoms with Gasteiger partial charge in [0.15, 0.2) is 0 Å². The number of carbonyl (C=O) groups is 1. The summed E-state index contributed by atoms with van der Waals surface area (Å²) in [7, 11) is 3.24. The van der Waals surface area contributed by atoms with Crippen LogP contribution in [-0.2, 0) is 9.53 Å². The van der Waals surface area contributed by atoms with Gasteiger partial charge in [0.25, 0.3) is 0 Å². The maximum Gasteiger partial charge on any atom is 0.326 e. The Kier molecular flexibility index (Phi) is 2.18. The van der Waals surface area contributed by atoms with Crippen molar-refractivity contribution in [2.24, 2.45) is 5.92 Å². The van der Waals surface area contributed by atoms with Gasteiger partial charge in [-0.05, 0) is 25.8 Å². The molecule has 1 aliphatic rings. The number of hydrogen-bond donors (Lipinski definition) is 1. The number of hydrogen-bond acceptors (Lipinski definition) is 3. The SMILES string of the molecule is CN[C@]1(C(=O)OC)C[C@H](C)C1. The third-order valence-electron chi connectivity index (χ3n) is 2.45. The molecule has 0 radical (unpaired) electrons. The highest BCUT2D eigenvalue weighted by Crippen LogP contribution is 2.37. The molecule has 0 bridgehead atoms. The lowest BCUT2D eigenvalue weighted by Crippen LogP contribution is -2.59. The molecule has 0 heterocycles. The van der Waals surface area contributed by atoms with Crippen molar-refractivity contribution < 1.29 is 9.53 Å². The lowest BCUT2D eigenvalue weighted by atomic mass is 9.69. The van der Waals surface area contributed by atoms with E-state index in [0.29, 0.717) is 5.92 Å². The van der Waals surface area contributed by atoms with Crippen LogP contribution in [0.2, 0.25) is 0 Å². The summed E-state index contributed by atoms with van der Waals surface area (Å²) in [5.74, 6) is 0.514. The van der Waals surface area contributed by atoms with Crippen molar-refractivity contribution >= 4 is 5.97 Å². The molecule has 0 aliphatic heterocycles. The van der Waals surface area contributed by atoms with Gasteiger partial charge in [0, 0.05) is 0 Å². The van der Waals surface area contributed by atoms with Crippen LogP contribution in [-0.4, -0.2) is 25.7 Å². The van der Waals surface area contributed by atoms with Gasteiger partial charge < -0.3 is 10.1 Å². The molecule has 0 aromatic rings. The van der Waals surface area contributed by atoms with Gasteiger partial charge in [-0.3, -0.25) is 4.79 Å². The fraction of sp³-hybridized carbons (Fsp3) is 0.875. The first-order valence-corrected chi connectivity index (χ1v) is 3.92. The number of rotatable bonds is 2. The van der Waals surface area contributed by atoms with Gasteiger partial charge in [0.05, 0.1) is 7.11 Å². The van der Waals surface area contributed by atoms with Crippen LogP contribution in [0.1, 0.15) is 19.8 Å². The predicted molar refractivity (Wildman–Crippen MR) is 42.2 cm³/mol. The summed E-state index contributed by atoms with van der Waals surface area (Å²) < 4.78 is 4.70. The average molecular weight is 157 g/mol. The van der Waals surface area contributed by atoms with Crippen molar-refractivity contribution in [3.8, 4) is 0 Å². The van der Waals surface area contributed by atoms with E-state index >= 15 is 0 Å². The topological polar surface area (TPSA) is 38.3 Å². The Morgan fingerprint density at radius 3 is 2.45 bits per heavy atom. The highest BCUT2D eigenvalue weighted by atomic mass is 16.5. The Morgan fingerprint density at radius 1 is 1.64 bits per heavy atom. The molecule has 0 amide bonds. The van der Waals surface area contributed by atoms with Crippen LogP contribution in [0.15, 0.2) is 0 Å². The monoisotopic (exact) mass is 157 g/mol. The zero-order valence-electron chi connectivity index (χ0n) is 7.31. The molecule has 0 aromatic heterocycles. The summed E-state index contributed by atoms with van der Waals surface area (Å²) in [6.07, 6.45) is 1.80. The third-order valence-corrected chi connectivity index (χ3v) is 2.45. The molecule has 3 nitrogen and oxygen atoms in total. The van der Waals surface area contributed by atoms with Gasteiger partial charge in [-0.25, -0.2) is 0 Å². The largest absolute Gasteiger partial charge is 0.468 e. The lowest BCUT2D eigenvalue weighted by molar-refractivity contribution is -0.154. The first kappa shape index (κ1) is 8.53. The molecule has 1 rings (SSSR count). The molecule has 1 fully saturated rings. The van der Waals surface area contributed by atoms with E-state index in [2.05, 4.69) is 12.2 Å². The number of ether oxygens (including phenoxy) is 1. The summed E-state index contributed by atoms with van der Waals surface area (Å²) in [6.45, 7) is 2.14. The zero-order chi connectivity index (χ0) is 8.48. The van der Waals surface area contributed by atoms with Crippen LogP contribution in [0.5, 0.6) is 0 Å². The van der Waals surface area contributed by atoms with Gasteiger partial charge >= 0.3 is 5.97 Å². The lowest BCUT2D eigenvalue weighted by Gasteiger charge is -2.43. The smallest absolute Gasteiger partial charge is 0.326 e. The standard InChI is InChI=1S/C8H15NO2/c1-6-4-8(5-6,9-2)7(10)11-3/h6,9H,4-5H2,1-3H3/t6-,8+. The van der Waals surface area contributed by atoms with Crippen molar-refractivity contribution in [2.45, 2.75) is 25.3 Å². The van der Waals surface area contributed by atoms with E-state index in [1.54, 1.807) is 0 Å². The highest BCUT2D eigenvalue weighted by Gasteiger charge is 2.48. The minimum Gasteiger partial charge on any atom is -0.468 e. The van der Waals surface area contributed by atoms with Crippen molar-refractivity contribution in [1.82, 2.24) is 5.32 Å². The van der Waals surface area contributed by atoms with Crippen molar-refractivity contribution in [1.29, 1.82) is 0 Å². The summed E-state index contributed by atoms with van der Waals surface area (Å²) in [5.41, 5.74) is -0.367. The molecule has 1 aliphatic carbocycles. The molecule has 0 unspecified atom stereocenters. The Labute approximate surface area is 67.1 Å². The molecular weight excluding hydrogens is 142 g/mol. The van der Waals surface area contributed by atoms with Crippen LogP contribution in [0, 0.1) is 5.92 Å². The molecule has 0 spiro atoms. The van der Waals surface area contributed by atoms with E-state index in [1.165, 1.54) is 7.11 Å². The fourth-order valence-corrected chi connectivity index (χ4v) is 1.80. The second-order valence-electron chi connectivity index (χ2n) is 3.34. The Hall–Kier alpha value is -0.570. The Bertz CT molecular complexity index is 161. The van der Waals surface area contributed by atoms with E-state index in [4.69, 9.17) is 4.74 Å². The van der Waals surface area contributed by atoms with Crippen LogP contribution < -0.4 is 5.32 Å². The summed E-state index contributed by atoms with van der Waals surface area (Å²) in [5, 5.41) is 3.02. The quantitative estimate of drug-likeness (QED) is 0.595.